The maximum absolute atomic E-state index is 5.27. The quantitative estimate of drug-likeness (QED) is 0.766. The lowest BCUT2D eigenvalue weighted by molar-refractivity contribution is 0.233. The van der Waals surface area contributed by atoms with E-state index in [0.717, 1.165) is 16.6 Å². The molecule has 15 heavy (non-hydrogen) atoms. The molecule has 1 rings (SSSR count). The number of benzene rings is 1. The first-order valence-corrected chi connectivity index (χ1v) is 5.53. The fourth-order valence-corrected chi connectivity index (χ4v) is 1.69. The van der Waals surface area contributed by atoms with Crippen molar-refractivity contribution in [3.05, 3.63) is 40.4 Å². The number of hydrogen-bond acceptors (Lipinski definition) is 2. The molecule has 0 radical (unpaired) electrons. The van der Waals surface area contributed by atoms with Crippen LogP contribution in [0.2, 0.25) is 0 Å². The number of methoxy groups -OCH3 is 2. The molecule has 2 nitrogen and oxygen atoms in total. The minimum Gasteiger partial charge on any atom is -0.496 e. The third-order valence-corrected chi connectivity index (χ3v) is 2.50. The molecular formula is C12H15BrO2. The van der Waals surface area contributed by atoms with Crippen LogP contribution in [0.4, 0.5) is 0 Å². The first-order chi connectivity index (χ1) is 7.27. The molecule has 0 saturated carbocycles. The number of hydrogen-bond donors (Lipinski definition) is 0. The second-order valence-electron chi connectivity index (χ2n) is 3.09. The Morgan fingerprint density at radius 3 is 2.73 bits per heavy atom. The van der Waals surface area contributed by atoms with Crippen molar-refractivity contribution < 1.29 is 9.47 Å². The lowest BCUT2D eigenvalue weighted by Crippen LogP contribution is -1.91. The van der Waals surface area contributed by atoms with E-state index in [4.69, 9.17) is 9.47 Å². The van der Waals surface area contributed by atoms with E-state index in [1.807, 2.05) is 18.2 Å². The molecule has 0 unspecified atom stereocenters. The molecule has 0 saturated heterocycles. The van der Waals surface area contributed by atoms with Crippen LogP contribution in [0.15, 0.2) is 34.8 Å². The summed E-state index contributed by atoms with van der Waals surface area (Å²) in [5.41, 5.74) is 1.17. The fraction of sp³-hybridized carbons (Fsp3) is 0.333. The molecule has 0 aliphatic rings. The Bertz CT molecular complexity index is 334. The van der Waals surface area contributed by atoms with Crippen molar-refractivity contribution in [3.8, 4) is 5.75 Å². The van der Waals surface area contributed by atoms with Gasteiger partial charge in [0.1, 0.15) is 5.75 Å². The average Bonchev–Trinajstić information content (AvgIpc) is 2.25. The Balaban J connectivity index is 2.69. The van der Waals surface area contributed by atoms with Crippen molar-refractivity contribution in [2.24, 2.45) is 0 Å². The standard InChI is InChI=1S/C12H15BrO2/c1-14-8-4-3-5-10-9-11(13)6-7-12(10)15-2/h3-4,6-7,9H,5,8H2,1-2H3. The fourth-order valence-electron chi connectivity index (χ4n) is 1.28. The van der Waals surface area contributed by atoms with Gasteiger partial charge in [-0.1, -0.05) is 28.1 Å². The zero-order valence-electron chi connectivity index (χ0n) is 9.00. The van der Waals surface area contributed by atoms with Gasteiger partial charge in [0, 0.05) is 11.6 Å². The zero-order chi connectivity index (χ0) is 11.1. The van der Waals surface area contributed by atoms with Crippen molar-refractivity contribution in [2.75, 3.05) is 20.8 Å². The number of ether oxygens (including phenoxy) is 2. The Hall–Kier alpha value is -0.800. The molecule has 1 aromatic carbocycles. The van der Waals surface area contributed by atoms with Gasteiger partial charge in [-0.3, -0.25) is 0 Å². The van der Waals surface area contributed by atoms with Crippen molar-refractivity contribution in [3.63, 3.8) is 0 Å². The summed E-state index contributed by atoms with van der Waals surface area (Å²) in [6.45, 7) is 0.649. The van der Waals surface area contributed by atoms with Crippen LogP contribution in [0.1, 0.15) is 5.56 Å². The molecular weight excluding hydrogens is 256 g/mol. The summed E-state index contributed by atoms with van der Waals surface area (Å²) in [6.07, 6.45) is 4.93. The lowest BCUT2D eigenvalue weighted by atomic mass is 10.1. The van der Waals surface area contributed by atoms with Crippen LogP contribution < -0.4 is 4.74 Å². The summed E-state index contributed by atoms with van der Waals surface area (Å²) < 4.78 is 11.3. The summed E-state index contributed by atoms with van der Waals surface area (Å²) in [5.74, 6) is 0.917. The maximum atomic E-state index is 5.27. The van der Waals surface area contributed by atoms with E-state index < -0.39 is 0 Å². The normalized spacial score (nSPS) is 10.9. The predicted molar refractivity (Wildman–Crippen MR) is 65.4 cm³/mol. The minimum atomic E-state index is 0.649. The lowest BCUT2D eigenvalue weighted by Gasteiger charge is -2.06. The van der Waals surface area contributed by atoms with Gasteiger partial charge < -0.3 is 9.47 Å². The zero-order valence-corrected chi connectivity index (χ0v) is 10.6. The molecule has 3 heteroatoms. The second-order valence-corrected chi connectivity index (χ2v) is 4.00. The largest absolute Gasteiger partial charge is 0.496 e. The van der Waals surface area contributed by atoms with Crippen molar-refractivity contribution in [1.82, 2.24) is 0 Å². The first kappa shape index (κ1) is 12.3. The van der Waals surface area contributed by atoms with E-state index in [0.29, 0.717) is 6.61 Å². The molecule has 1 aromatic rings. The van der Waals surface area contributed by atoms with E-state index >= 15 is 0 Å². The van der Waals surface area contributed by atoms with E-state index in [2.05, 4.69) is 28.1 Å². The summed E-state index contributed by atoms with van der Waals surface area (Å²) in [7, 11) is 3.37. The van der Waals surface area contributed by atoms with Crippen LogP contribution in [-0.4, -0.2) is 20.8 Å². The van der Waals surface area contributed by atoms with Gasteiger partial charge in [-0.2, -0.15) is 0 Å². The van der Waals surface area contributed by atoms with E-state index in [-0.39, 0.29) is 0 Å². The smallest absolute Gasteiger partial charge is 0.122 e. The van der Waals surface area contributed by atoms with Gasteiger partial charge in [0.2, 0.25) is 0 Å². The molecule has 0 spiro atoms. The van der Waals surface area contributed by atoms with Gasteiger partial charge in [0.05, 0.1) is 13.7 Å². The number of halogens is 1. The van der Waals surface area contributed by atoms with Gasteiger partial charge in [0.25, 0.3) is 0 Å². The topological polar surface area (TPSA) is 18.5 Å². The third-order valence-electron chi connectivity index (χ3n) is 2.01. The summed E-state index contributed by atoms with van der Waals surface area (Å²) >= 11 is 3.44. The SMILES string of the molecule is COCC=CCc1cc(Br)ccc1OC. The van der Waals surface area contributed by atoms with E-state index in [9.17, 15) is 0 Å². The van der Waals surface area contributed by atoms with Gasteiger partial charge in [0.15, 0.2) is 0 Å². The maximum Gasteiger partial charge on any atom is 0.122 e. The monoisotopic (exact) mass is 270 g/mol. The van der Waals surface area contributed by atoms with E-state index in [1.54, 1.807) is 14.2 Å². The molecule has 82 valence electrons. The molecule has 0 atom stereocenters. The van der Waals surface area contributed by atoms with Crippen LogP contribution in [0.25, 0.3) is 0 Å². The number of allylic oxidation sites excluding steroid dienone is 1. The van der Waals surface area contributed by atoms with Crippen LogP contribution in [-0.2, 0) is 11.2 Å². The Labute approximate surface area is 99.0 Å². The molecule has 0 heterocycles. The number of rotatable bonds is 5. The van der Waals surface area contributed by atoms with Crippen LogP contribution >= 0.6 is 15.9 Å². The molecule has 0 aliphatic carbocycles. The highest BCUT2D eigenvalue weighted by molar-refractivity contribution is 9.10. The second kappa shape index (κ2) is 6.64. The van der Waals surface area contributed by atoms with Crippen molar-refractivity contribution in [1.29, 1.82) is 0 Å². The molecule has 0 bridgehead atoms. The molecule has 0 aromatic heterocycles. The minimum absolute atomic E-state index is 0.649. The third kappa shape index (κ3) is 4.06. The summed E-state index contributed by atoms with van der Waals surface area (Å²) in [6, 6.07) is 6.00. The van der Waals surface area contributed by atoms with Gasteiger partial charge in [-0.15, -0.1) is 0 Å². The first-order valence-electron chi connectivity index (χ1n) is 4.74. The van der Waals surface area contributed by atoms with Crippen LogP contribution in [0.3, 0.4) is 0 Å². The van der Waals surface area contributed by atoms with E-state index in [1.165, 1.54) is 5.56 Å². The molecule has 0 aliphatic heterocycles. The molecule has 0 N–H and O–H groups in total. The van der Waals surface area contributed by atoms with Gasteiger partial charge in [-0.25, -0.2) is 0 Å². The van der Waals surface area contributed by atoms with Crippen LogP contribution in [0, 0.1) is 0 Å². The van der Waals surface area contributed by atoms with Gasteiger partial charge in [-0.05, 0) is 30.2 Å². The Morgan fingerprint density at radius 1 is 1.27 bits per heavy atom. The van der Waals surface area contributed by atoms with Crippen molar-refractivity contribution in [2.45, 2.75) is 6.42 Å². The van der Waals surface area contributed by atoms with Crippen molar-refractivity contribution >= 4 is 15.9 Å². The predicted octanol–water partition coefficient (Wildman–Crippen LogP) is 3.20. The van der Waals surface area contributed by atoms with Crippen LogP contribution in [0.5, 0.6) is 5.75 Å². The Kier molecular flexibility index (Phi) is 5.43. The van der Waals surface area contributed by atoms with Gasteiger partial charge >= 0.3 is 0 Å². The highest BCUT2D eigenvalue weighted by Crippen LogP contribution is 2.23. The molecule has 0 fully saturated rings. The molecule has 0 amide bonds. The summed E-state index contributed by atoms with van der Waals surface area (Å²) in [4.78, 5) is 0. The average molecular weight is 271 g/mol. The highest BCUT2D eigenvalue weighted by atomic mass is 79.9. The summed E-state index contributed by atoms with van der Waals surface area (Å²) in [5, 5.41) is 0. The highest BCUT2D eigenvalue weighted by Gasteiger charge is 2.01. The Morgan fingerprint density at radius 2 is 2.07 bits per heavy atom.